The van der Waals surface area contributed by atoms with E-state index in [-0.39, 0.29) is 16.5 Å². The van der Waals surface area contributed by atoms with Crippen LogP contribution in [0.5, 0.6) is 0 Å². The van der Waals surface area contributed by atoms with Crippen LogP contribution in [0.4, 0.5) is 5.69 Å². The Balaban J connectivity index is 3.20. The summed E-state index contributed by atoms with van der Waals surface area (Å²) >= 11 is 12.0. The van der Waals surface area contributed by atoms with Crippen LogP contribution in [-0.2, 0) is 0 Å². The first kappa shape index (κ1) is 15.1. The zero-order valence-corrected chi connectivity index (χ0v) is 12.6. The highest BCUT2D eigenvalue weighted by molar-refractivity contribution is 6.44. The van der Waals surface area contributed by atoms with E-state index in [2.05, 4.69) is 0 Å². The van der Waals surface area contributed by atoms with Crippen molar-refractivity contribution in [2.75, 3.05) is 12.8 Å². The molecule has 0 aromatic heterocycles. The van der Waals surface area contributed by atoms with Crippen LogP contribution >= 0.6 is 23.2 Å². The molecule has 0 aliphatic heterocycles. The summed E-state index contributed by atoms with van der Waals surface area (Å²) < 4.78 is 0. The summed E-state index contributed by atoms with van der Waals surface area (Å²) in [6.45, 7) is 6.01. The van der Waals surface area contributed by atoms with E-state index in [1.807, 2.05) is 20.8 Å². The van der Waals surface area contributed by atoms with Crippen LogP contribution in [0.3, 0.4) is 0 Å². The smallest absolute Gasteiger partial charge is 0.255 e. The number of carbonyl (C=O) groups excluding carboxylic acids is 1. The van der Waals surface area contributed by atoms with Crippen LogP contribution in [0.25, 0.3) is 0 Å². The second-order valence-corrected chi connectivity index (χ2v) is 5.68. The molecule has 2 N–H and O–H groups in total. The number of nitrogens with two attached hydrogens (primary N) is 1. The molecular weight excluding hydrogens is 271 g/mol. The molecule has 0 spiro atoms. The van der Waals surface area contributed by atoms with Crippen molar-refractivity contribution in [1.82, 2.24) is 4.90 Å². The number of carbonyl (C=O) groups is 1. The normalized spacial score (nSPS) is 11.4. The Morgan fingerprint density at radius 1 is 1.39 bits per heavy atom. The molecule has 0 aliphatic rings. The summed E-state index contributed by atoms with van der Waals surface area (Å²) in [5, 5.41) is 0.539. The molecule has 0 heterocycles. The maximum absolute atomic E-state index is 12.4. The molecule has 0 atom stereocenters. The van der Waals surface area contributed by atoms with Gasteiger partial charge in [-0.2, -0.15) is 0 Å². The number of nitrogen functional groups attached to an aromatic ring is 1. The Labute approximate surface area is 118 Å². The predicted molar refractivity (Wildman–Crippen MR) is 77.3 cm³/mol. The zero-order valence-electron chi connectivity index (χ0n) is 11.1. The Hall–Kier alpha value is -0.930. The molecule has 0 aliphatic carbocycles. The fraction of sp³-hybridized carbons (Fsp3) is 0.462. The third kappa shape index (κ3) is 2.90. The first-order chi connectivity index (χ1) is 8.20. The third-order valence-corrected chi connectivity index (χ3v) is 4.16. The Morgan fingerprint density at radius 2 is 1.94 bits per heavy atom. The van der Waals surface area contributed by atoms with Gasteiger partial charge in [-0.05, 0) is 32.4 Å². The van der Waals surface area contributed by atoms with Crippen LogP contribution in [0, 0.1) is 0 Å². The van der Waals surface area contributed by atoms with Crippen molar-refractivity contribution in [3.8, 4) is 0 Å². The number of halogens is 2. The van der Waals surface area contributed by atoms with Crippen LogP contribution in [-0.4, -0.2) is 23.4 Å². The van der Waals surface area contributed by atoms with Gasteiger partial charge in [0.05, 0.1) is 15.6 Å². The van der Waals surface area contributed by atoms with Gasteiger partial charge in [0.15, 0.2) is 0 Å². The number of hydrogen-bond donors (Lipinski definition) is 1. The standard InChI is InChI=1S/C13H18Cl2N2O/c1-5-13(2,3)17(4)12(18)9-6-8(16)7-10(14)11(9)15/h6-7H,5,16H2,1-4H3. The molecule has 3 nitrogen and oxygen atoms in total. The van der Waals surface area contributed by atoms with Gasteiger partial charge in [0, 0.05) is 18.3 Å². The zero-order chi connectivity index (χ0) is 14.1. The van der Waals surface area contributed by atoms with Crippen molar-refractivity contribution in [3.63, 3.8) is 0 Å². The second kappa shape index (κ2) is 5.37. The van der Waals surface area contributed by atoms with Gasteiger partial charge in [0.2, 0.25) is 0 Å². The maximum Gasteiger partial charge on any atom is 0.255 e. The van der Waals surface area contributed by atoms with Crippen molar-refractivity contribution in [3.05, 3.63) is 27.7 Å². The SMILES string of the molecule is CCC(C)(C)N(C)C(=O)c1cc(N)cc(Cl)c1Cl. The van der Waals surface area contributed by atoms with Gasteiger partial charge in [-0.15, -0.1) is 0 Å². The number of hydrogen-bond acceptors (Lipinski definition) is 2. The van der Waals surface area contributed by atoms with Gasteiger partial charge in [-0.1, -0.05) is 30.1 Å². The molecular formula is C13H18Cl2N2O. The summed E-state index contributed by atoms with van der Waals surface area (Å²) in [7, 11) is 1.75. The summed E-state index contributed by atoms with van der Waals surface area (Å²) in [5.41, 5.74) is 6.21. The van der Waals surface area contributed by atoms with Crippen molar-refractivity contribution >= 4 is 34.8 Å². The second-order valence-electron chi connectivity index (χ2n) is 4.89. The molecule has 0 saturated heterocycles. The van der Waals surface area contributed by atoms with Gasteiger partial charge >= 0.3 is 0 Å². The monoisotopic (exact) mass is 288 g/mol. The van der Waals surface area contributed by atoms with E-state index in [0.29, 0.717) is 16.3 Å². The average molecular weight is 289 g/mol. The van der Waals surface area contributed by atoms with E-state index >= 15 is 0 Å². The van der Waals surface area contributed by atoms with Crippen molar-refractivity contribution < 1.29 is 4.79 Å². The molecule has 0 bridgehead atoms. The highest BCUT2D eigenvalue weighted by Crippen LogP contribution is 2.31. The predicted octanol–water partition coefficient (Wildman–Crippen LogP) is 3.84. The molecule has 1 aromatic rings. The van der Waals surface area contributed by atoms with Gasteiger partial charge in [0.1, 0.15) is 0 Å². The van der Waals surface area contributed by atoms with E-state index in [4.69, 9.17) is 28.9 Å². The van der Waals surface area contributed by atoms with E-state index < -0.39 is 0 Å². The van der Waals surface area contributed by atoms with Crippen molar-refractivity contribution in [1.29, 1.82) is 0 Å². The van der Waals surface area contributed by atoms with Gasteiger partial charge < -0.3 is 10.6 Å². The minimum absolute atomic E-state index is 0.180. The number of anilines is 1. The van der Waals surface area contributed by atoms with Crippen LogP contribution in [0.2, 0.25) is 10.0 Å². The maximum atomic E-state index is 12.4. The molecule has 18 heavy (non-hydrogen) atoms. The molecule has 0 fully saturated rings. The summed E-state index contributed by atoms with van der Waals surface area (Å²) in [6.07, 6.45) is 0.836. The van der Waals surface area contributed by atoms with Gasteiger partial charge in [0.25, 0.3) is 5.91 Å². The fourth-order valence-electron chi connectivity index (χ4n) is 1.46. The lowest BCUT2D eigenvalue weighted by Gasteiger charge is -2.35. The largest absolute Gasteiger partial charge is 0.399 e. The molecule has 0 unspecified atom stereocenters. The quantitative estimate of drug-likeness (QED) is 0.859. The van der Waals surface area contributed by atoms with Crippen LogP contribution in [0.15, 0.2) is 12.1 Å². The van der Waals surface area contributed by atoms with E-state index in [9.17, 15) is 4.79 Å². The minimum Gasteiger partial charge on any atom is -0.399 e. The van der Waals surface area contributed by atoms with Gasteiger partial charge in [-0.3, -0.25) is 4.79 Å². The summed E-state index contributed by atoms with van der Waals surface area (Å²) in [5.74, 6) is -0.180. The lowest BCUT2D eigenvalue weighted by molar-refractivity contribution is 0.0620. The first-order valence-electron chi connectivity index (χ1n) is 5.73. The molecule has 100 valence electrons. The van der Waals surface area contributed by atoms with Crippen LogP contribution in [0.1, 0.15) is 37.6 Å². The highest BCUT2D eigenvalue weighted by atomic mass is 35.5. The van der Waals surface area contributed by atoms with E-state index in [0.717, 1.165) is 6.42 Å². The molecule has 1 amide bonds. The Kier molecular flexibility index (Phi) is 4.51. The Morgan fingerprint density at radius 3 is 2.44 bits per heavy atom. The summed E-state index contributed by atoms with van der Waals surface area (Å²) in [4.78, 5) is 14.1. The van der Waals surface area contributed by atoms with Gasteiger partial charge in [-0.25, -0.2) is 0 Å². The average Bonchev–Trinajstić information content (AvgIpc) is 2.31. The highest BCUT2D eigenvalue weighted by Gasteiger charge is 2.28. The van der Waals surface area contributed by atoms with E-state index in [1.54, 1.807) is 18.0 Å². The third-order valence-electron chi connectivity index (χ3n) is 3.36. The minimum atomic E-state index is -0.252. The first-order valence-corrected chi connectivity index (χ1v) is 6.49. The molecule has 1 rings (SSSR count). The molecule has 1 aromatic carbocycles. The number of benzene rings is 1. The van der Waals surface area contributed by atoms with Crippen LogP contribution < -0.4 is 5.73 Å². The Bertz CT molecular complexity index is 472. The molecule has 0 saturated carbocycles. The number of rotatable bonds is 3. The fourth-order valence-corrected chi connectivity index (χ4v) is 1.88. The number of nitrogens with zero attached hydrogens (tertiary/aromatic N) is 1. The lowest BCUT2D eigenvalue weighted by atomic mass is 9.99. The molecule has 0 radical (unpaired) electrons. The van der Waals surface area contributed by atoms with Crippen molar-refractivity contribution in [2.45, 2.75) is 32.7 Å². The summed E-state index contributed by atoms with van der Waals surface area (Å²) in [6, 6.07) is 3.09. The lowest BCUT2D eigenvalue weighted by Crippen LogP contribution is -2.44. The van der Waals surface area contributed by atoms with Crippen molar-refractivity contribution in [2.24, 2.45) is 0 Å². The molecule has 5 heteroatoms. The number of amides is 1. The topological polar surface area (TPSA) is 46.3 Å². The van der Waals surface area contributed by atoms with E-state index in [1.165, 1.54) is 6.07 Å².